The minimum Gasteiger partial charge on any atom is -0.493 e. The average molecular weight is 369 g/mol. The first-order chi connectivity index (χ1) is 13.0. The van der Waals surface area contributed by atoms with Crippen LogP contribution >= 0.6 is 0 Å². The predicted octanol–water partition coefficient (Wildman–Crippen LogP) is 3.46. The molecule has 0 fully saturated rings. The molecule has 142 valence electrons. The highest BCUT2D eigenvalue weighted by Crippen LogP contribution is 2.27. The van der Waals surface area contributed by atoms with E-state index >= 15 is 0 Å². The molecule has 0 aliphatic rings. The normalized spacial score (nSPS) is 10.5. The van der Waals surface area contributed by atoms with Crippen LogP contribution in [0.4, 0.5) is 5.69 Å². The number of amides is 1. The van der Waals surface area contributed by atoms with E-state index in [-0.39, 0.29) is 6.61 Å². The topological polar surface area (TPSA) is 73.9 Å². The third-order valence-corrected chi connectivity index (χ3v) is 3.78. The van der Waals surface area contributed by atoms with Crippen molar-refractivity contribution in [3.05, 3.63) is 59.7 Å². The van der Waals surface area contributed by atoms with Crippen LogP contribution < -0.4 is 14.8 Å². The maximum absolute atomic E-state index is 11.9. The number of nitrogens with one attached hydrogen (secondary N) is 1. The van der Waals surface area contributed by atoms with Gasteiger partial charge in [-0.3, -0.25) is 4.79 Å². The number of ether oxygens (including phenoxy) is 3. The van der Waals surface area contributed by atoms with E-state index in [9.17, 15) is 9.59 Å². The van der Waals surface area contributed by atoms with E-state index < -0.39 is 11.9 Å². The molecule has 2 aromatic rings. The highest BCUT2D eigenvalue weighted by atomic mass is 16.5. The number of anilines is 1. The Labute approximate surface area is 158 Å². The summed E-state index contributed by atoms with van der Waals surface area (Å²) >= 11 is 0. The lowest BCUT2D eigenvalue weighted by Gasteiger charge is -2.08. The van der Waals surface area contributed by atoms with Gasteiger partial charge in [0.25, 0.3) is 5.91 Å². The summed E-state index contributed by atoms with van der Waals surface area (Å²) in [5.74, 6) is 0.154. The van der Waals surface area contributed by atoms with Gasteiger partial charge in [-0.05, 0) is 47.9 Å². The van der Waals surface area contributed by atoms with Gasteiger partial charge < -0.3 is 19.5 Å². The maximum Gasteiger partial charge on any atom is 0.331 e. The van der Waals surface area contributed by atoms with Gasteiger partial charge in [-0.1, -0.05) is 25.1 Å². The zero-order valence-corrected chi connectivity index (χ0v) is 15.7. The van der Waals surface area contributed by atoms with Gasteiger partial charge in [0.1, 0.15) is 0 Å². The quantitative estimate of drug-likeness (QED) is 0.570. The molecule has 0 atom stereocenters. The molecule has 0 saturated carbocycles. The zero-order chi connectivity index (χ0) is 19.6. The summed E-state index contributed by atoms with van der Waals surface area (Å²) in [6.07, 6.45) is 3.71. The third kappa shape index (κ3) is 6.18. The van der Waals surface area contributed by atoms with Gasteiger partial charge in [0, 0.05) is 11.8 Å². The van der Waals surface area contributed by atoms with Gasteiger partial charge in [0.2, 0.25) is 0 Å². The first kappa shape index (κ1) is 20.0. The molecule has 27 heavy (non-hydrogen) atoms. The molecule has 0 aromatic heterocycles. The van der Waals surface area contributed by atoms with Crippen LogP contribution in [0.3, 0.4) is 0 Å². The molecule has 6 nitrogen and oxygen atoms in total. The average Bonchev–Trinajstić information content (AvgIpc) is 2.70. The number of aryl methyl sites for hydroxylation is 1. The molecule has 6 heteroatoms. The predicted molar refractivity (Wildman–Crippen MR) is 104 cm³/mol. The molecule has 0 aliphatic carbocycles. The lowest BCUT2D eigenvalue weighted by atomic mass is 10.1. The Morgan fingerprint density at radius 3 is 2.52 bits per heavy atom. The number of rotatable bonds is 8. The zero-order valence-electron chi connectivity index (χ0n) is 15.7. The van der Waals surface area contributed by atoms with Crippen molar-refractivity contribution in [1.82, 2.24) is 0 Å². The molecule has 0 bridgehead atoms. The van der Waals surface area contributed by atoms with Crippen LogP contribution in [0.25, 0.3) is 6.08 Å². The molecule has 0 heterocycles. The van der Waals surface area contributed by atoms with Gasteiger partial charge in [0.05, 0.1) is 14.2 Å². The molecule has 0 unspecified atom stereocenters. The van der Waals surface area contributed by atoms with E-state index in [2.05, 4.69) is 5.32 Å². The van der Waals surface area contributed by atoms with Crippen LogP contribution in [0.2, 0.25) is 0 Å². The Hall–Kier alpha value is -3.28. The minimum atomic E-state index is -0.609. The second-order valence-corrected chi connectivity index (χ2v) is 5.66. The van der Waals surface area contributed by atoms with Gasteiger partial charge in [-0.25, -0.2) is 4.79 Å². The van der Waals surface area contributed by atoms with Gasteiger partial charge in [0.15, 0.2) is 18.1 Å². The van der Waals surface area contributed by atoms with Crippen molar-refractivity contribution < 1.29 is 23.8 Å². The summed E-state index contributed by atoms with van der Waals surface area (Å²) in [6, 6.07) is 12.8. The Morgan fingerprint density at radius 2 is 1.81 bits per heavy atom. The first-order valence-electron chi connectivity index (χ1n) is 8.51. The number of hydrogen-bond donors (Lipinski definition) is 1. The first-order valence-corrected chi connectivity index (χ1v) is 8.51. The largest absolute Gasteiger partial charge is 0.493 e. The Bertz CT molecular complexity index is 829. The second-order valence-electron chi connectivity index (χ2n) is 5.66. The highest BCUT2D eigenvalue weighted by molar-refractivity contribution is 5.94. The summed E-state index contributed by atoms with van der Waals surface area (Å²) in [5.41, 5.74) is 2.53. The smallest absolute Gasteiger partial charge is 0.331 e. The van der Waals surface area contributed by atoms with Gasteiger partial charge >= 0.3 is 5.97 Å². The van der Waals surface area contributed by atoms with E-state index in [4.69, 9.17) is 14.2 Å². The summed E-state index contributed by atoms with van der Waals surface area (Å²) < 4.78 is 15.3. The SMILES string of the molecule is CCc1cccc(NC(=O)COC(=O)C=Cc2ccc(OC)c(OC)c2)c1. The Balaban J connectivity index is 1.86. The molecule has 2 aromatic carbocycles. The molecular formula is C21H23NO5. The Kier molecular flexibility index (Phi) is 7.43. The molecule has 0 aliphatic heterocycles. The molecule has 0 radical (unpaired) electrons. The summed E-state index contributed by atoms with van der Waals surface area (Å²) in [5, 5.41) is 2.70. The van der Waals surface area contributed by atoms with E-state index in [0.29, 0.717) is 17.2 Å². The fourth-order valence-corrected chi connectivity index (χ4v) is 2.37. The number of carbonyl (C=O) groups excluding carboxylic acids is 2. The van der Waals surface area contributed by atoms with Gasteiger partial charge in [-0.15, -0.1) is 0 Å². The maximum atomic E-state index is 11.9. The van der Waals surface area contributed by atoms with Crippen LogP contribution in [0.15, 0.2) is 48.5 Å². The van der Waals surface area contributed by atoms with Crippen LogP contribution in [0, 0.1) is 0 Å². The van der Waals surface area contributed by atoms with Crippen LogP contribution in [0.1, 0.15) is 18.1 Å². The minimum absolute atomic E-state index is 0.356. The van der Waals surface area contributed by atoms with Crippen molar-refractivity contribution in [3.63, 3.8) is 0 Å². The molecule has 1 N–H and O–H groups in total. The number of methoxy groups -OCH3 is 2. The molecule has 2 rings (SSSR count). The molecular weight excluding hydrogens is 346 g/mol. The number of esters is 1. The number of benzene rings is 2. The van der Waals surface area contributed by atoms with E-state index in [0.717, 1.165) is 17.5 Å². The van der Waals surface area contributed by atoms with Gasteiger partial charge in [-0.2, -0.15) is 0 Å². The standard InChI is InChI=1S/C21H23NO5/c1-4-15-6-5-7-17(12-15)22-20(23)14-27-21(24)11-9-16-8-10-18(25-2)19(13-16)26-3/h5-13H,4,14H2,1-3H3,(H,22,23). The Morgan fingerprint density at radius 1 is 1.04 bits per heavy atom. The van der Waals surface area contributed by atoms with Crippen molar-refractivity contribution in [2.45, 2.75) is 13.3 Å². The van der Waals surface area contributed by atoms with Crippen molar-refractivity contribution >= 4 is 23.6 Å². The third-order valence-electron chi connectivity index (χ3n) is 3.78. The van der Waals surface area contributed by atoms with E-state index in [1.807, 2.05) is 25.1 Å². The molecule has 0 spiro atoms. The summed E-state index contributed by atoms with van der Waals surface area (Å²) in [4.78, 5) is 23.7. The van der Waals surface area contributed by atoms with Crippen molar-refractivity contribution in [2.24, 2.45) is 0 Å². The lowest BCUT2D eigenvalue weighted by molar-refractivity contribution is -0.142. The van der Waals surface area contributed by atoms with E-state index in [1.54, 1.807) is 37.5 Å². The fourth-order valence-electron chi connectivity index (χ4n) is 2.37. The van der Waals surface area contributed by atoms with Crippen molar-refractivity contribution in [1.29, 1.82) is 0 Å². The monoisotopic (exact) mass is 369 g/mol. The van der Waals surface area contributed by atoms with E-state index in [1.165, 1.54) is 13.2 Å². The number of hydrogen-bond acceptors (Lipinski definition) is 5. The fraction of sp³-hybridized carbons (Fsp3) is 0.238. The van der Waals surface area contributed by atoms with Crippen LogP contribution in [0.5, 0.6) is 11.5 Å². The van der Waals surface area contributed by atoms with Crippen LogP contribution in [-0.4, -0.2) is 32.7 Å². The summed E-state index contributed by atoms with van der Waals surface area (Å²) in [6.45, 7) is 1.68. The van der Waals surface area contributed by atoms with Crippen LogP contribution in [-0.2, 0) is 20.7 Å². The van der Waals surface area contributed by atoms with Crippen molar-refractivity contribution in [3.8, 4) is 11.5 Å². The molecule has 1 amide bonds. The lowest BCUT2D eigenvalue weighted by Crippen LogP contribution is -2.20. The number of carbonyl (C=O) groups is 2. The molecule has 0 saturated heterocycles. The highest BCUT2D eigenvalue weighted by Gasteiger charge is 2.07. The summed E-state index contributed by atoms with van der Waals surface area (Å²) in [7, 11) is 3.09. The second kappa shape index (κ2) is 10.0. The van der Waals surface area contributed by atoms with Crippen molar-refractivity contribution in [2.75, 3.05) is 26.1 Å².